The maximum Gasteiger partial charge on any atom is 0.211 e. The van der Waals surface area contributed by atoms with Gasteiger partial charge in [0.05, 0.1) is 6.26 Å². The fourth-order valence-electron chi connectivity index (χ4n) is 2.52. The lowest BCUT2D eigenvalue weighted by Crippen LogP contribution is -2.40. The van der Waals surface area contributed by atoms with E-state index in [4.69, 9.17) is 5.73 Å². The molecule has 19 heavy (non-hydrogen) atoms. The number of hydrogen-bond donors (Lipinski definition) is 1. The lowest BCUT2D eigenvalue weighted by molar-refractivity contribution is 0.247. The Hall–Kier alpha value is -1.05. The quantitative estimate of drug-likeness (QED) is 0.871. The van der Waals surface area contributed by atoms with Crippen LogP contribution in [-0.2, 0) is 10.0 Å². The van der Waals surface area contributed by atoms with E-state index in [1.807, 2.05) is 0 Å². The molecular weight excluding hydrogens is 264 g/mol. The lowest BCUT2D eigenvalue weighted by atomic mass is 9.91. The number of sulfonamides is 1. The van der Waals surface area contributed by atoms with Crippen LogP contribution in [-0.4, -0.2) is 42.0 Å². The summed E-state index contributed by atoms with van der Waals surface area (Å²) in [5.41, 5.74) is 7.03. The minimum atomic E-state index is -3.09. The van der Waals surface area contributed by atoms with Gasteiger partial charge in [0.25, 0.3) is 0 Å². The largest absolute Gasteiger partial charge is 0.324 e. The summed E-state index contributed by atoms with van der Waals surface area (Å²) in [6.07, 6.45) is 8.86. The molecular formula is C12H20N4O2S. The van der Waals surface area contributed by atoms with Crippen molar-refractivity contribution >= 4 is 10.0 Å². The molecule has 0 bridgehead atoms. The topological polar surface area (TPSA) is 89.2 Å². The highest BCUT2D eigenvalue weighted by molar-refractivity contribution is 7.88. The Kier molecular flexibility index (Phi) is 4.49. The molecule has 106 valence electrons. The smallest absolute Gasteiger partial charge is 0.211 e. The Balaban J connectivity index is 1.96. The van der Waals surface area contributed by atoms with Gasteiger partial charge in [0, 0.05) is 37.1 Å². The molecule has 6 nitrogen and oxygen atoms in total. The first-order valence-corrected chi connectivity index (χ1v) is 8.27. The minimum Gasteiger partial charge on any atom is -0.324 e. The Morgan fingerprint density at radius 1 is 1.47 bits per heavy atom. The molecule has 0 saturated carbocycles. The molecule has 0 aliphatic carbocycles. The maximum absolute atomic E-state index is 11.6. The third kappa shape index (κ3) is 3.95. The van der Waals surface area contributed by atoms with E-state index in [0.717, 1.165) is 24.8 Å². The Morgan fingerprint density at radius 2 is 2.16 bits per heavy atom. The van der Waals surface area contributed by atoms with Crippen molar-refractivity contribution in [1.82, 2.24) is 14.3 Å². The molecule has 1 aromatic heterocycles. The van der Waals surface area contributed by atoms with Crippen LogP contribution in [0.2, 0.25) is 0 Å². The molecule has 7 heteroatoms. The van der Waals surface area contributed by atoms with Crippen molar-refractivity contribution in [1.29, 1.82) is 0 Å². The highest BCUT2D eigenvalue weighted by atomic mass is 32.2. The van der Waals surface area contributed by atoms with Crippen molar-refractivity contribution in [3.05, 3.63) is 24.3 Å². The second-order valence-corrected chi connectivity index (χ2v) is 7.13. The third-order valence-corrected chi connectivity index (χ3v) is 4.82. The number of rotatable bonds is 4. The van der Waals surface area contributed by atoms with E-state index < -0.39 is 10.0 Å². The summed E-state index contributed by atoms with van der Waals surface area (Å²) < 4.78 is 24.7. The van der Waals surface area contributed by atoms with Crippen LogP contribution in [0.25, 0.3) is 0 Å². The van der Waals surface area contributed by atoms with E-state index in [2.05, 4.69) is 9.97 Å². The highest BCUT2D eigenvalue weighted by Crippen LogP contribution is 2.26. The predicted octanol–water partition coefficient (Wildman–Crippen LogP) is 0.538. The van der Waals surface area contributed by atoms with Gasteiger partial charge in [0.15, 0.2) is 0 Å². The van der Waals surface area contributed by atoms with Gasteiger partial charge in [0.1, 0.15) is 6.33 Å². The molecule has 2 heterocycles. The summed E-state index contributed by atoms with van der Waals surface area (Å²) in [4.78, 5) is 7.91. The second-order valence-electron chi connectivity index (χ2n) is 5.14. The molecule has 1 aliphatic heterocycles. The van der Waals surface area contributed by atoms with Gasteiger partial charge in [-0.1, -0.05) is 0 Å². The minimum absolute atomic E-state index is 0.134. The molecule has 1 aromatic rings. The molecule has 0 aromatic carbocycles. The molecule has 0 spiro atoms. The predicted molar refractivity (Wildman–Crippen MR) is 72.7 cm³/mol. The average Bonchev–Trinajstić information content (AvgIpc) is 2.39. The molecule has 2 unspecified atom stereocenters. The van der Waals surface area contributed by atoms with Crippen LogP contribution in [0.4, 0.5) is 0 Å². The van der Waals surface area contributed by atoms with Gasteiger partial charge >= 0.3 is 0 Å². The van der Waals surface area contributed by atoms with Crippen molar-refractivity contribution in [2.45, 2.75) is 25.3 Å². The van der Waals surface area contributed by atoms with Gasteiger partial charge < -0.3 is 5.73 Å². The van der Waals surface area contributed by atoms with Crippen molar-refractivity contribution in [2.75, 3.05) is 19.3 Å². The van der Waals surface area contributed by atoms with E-state index in [9.17, 15) is 8.42 Å². The monoisotopic (exact) mass is 284 g/mol. The second kappa shape index (κ2) is 5.94. The summed E-state index contributed by atoms with van der Waals surface area (Å²) in [7, 11) is -3.09. The van der Waals surface area contributed by atoms with E-state index in [1.54, 1.807) is 16.7 Å². The normalized spacial score (nSPS) is 23.2. The summed E-state index contributed by atoms with van der Waals surface area (Å²) >= 11 is 0. The Labute approximate surface area is 114 Å². The third-order valence-electron chi connectivity index (χ3n) is 3.55. The fraction of sp³-hybridized carbons (Fsp3) is 0.667. The fourth-order valence-corrected chi connectivity index (χ4v) is 3.46. The van der Waals surface area contributed by atoms with E-state index >= 15 is 0 Å². The van der Waals surface area contributed by atoms with Crippen LogP contribution >= 0.6 is 0 Å². The summed E-state index contributed by atoms with van der Waals surface area (Å²) in [6, 6.07) is -0.134. The van der Waals surface area contributed by atoms with E-state index in [0.29, 0.717) is 19.0 Å². The maximum atomic E-state index is 11.6. The van der Waals surface area contributed by atoms with Crippen molar-refractivity contribution in [3.63, 3.8) is 0 Å². The standard InChI is InChI=1S/C12H20N4O2S/c1-19(17,18)16-4-2-3-10(8-16)5-12(13)11-6-14-9-15-7-11/h6-7,9-10,12H,2-5,8,13H2,1H3. The van der Waals surface area contributed by atoms with Crippen molar-refractivity contribution in [2.24, 2.45) is 11.7 Å². The van der Waals surface area contributed by atoms with E-state index in [-0.39, 0.29) is 6.04 Å². The van der Waals surface area contributed by atoms with Gasteiger partial charge in [0.2, 0.25) is 10.0 Å². The molecule has 1 aliphatic rings. The van der Waals surface area contributed by atoms with Gasteiger partial charge in [-0.3, -0.25) is 0 Å². The molecule has 1 saturated heterocycles. The summed E-state index contributed by atoms with van der Waals surface area (Å²) in [5.74, 6) is 0.304. The first-order valence-electron chi connectivity index (χ1n) is 6.42. The van der Waals surface area contributed by atoms with Crippen LogP contribution in [0, 0.1) is 5.92 Å². The van der Waals surface area contributed by atoms with E-state index in [1.165, 1.54) is 12.6 Å². The van der Waals surface area contributed by atoms with Gasteiger partial charge in [-0.05, 0) is 25.2 Å². The lowest BCUT2D eigenvalue weighted by Gasteiger charge is -2.32. The SMILES string of the molecule is CS(=O)(=O)N1CCCC(CC(N)c2cncnc2)C1. The van der Waals surface area contributed by atoms with Crippen molar-refractivity contribution < 1.29 is 8.42 Å². The first-order chi connectivity index (χ1) is 8.97. The molecule has 2 N–H and O–H groups in total. The first kappa shape index (κ1) is 14.4. The number of nitrogens with two attached hydrogens (primary N) is 1. The summed E-state index contributed by atoms with van der Waals surface area (Å²) in [5, 5.41) is 0. The Morgan fingerprint density at radius 3 is 2.79 bits per heavy atom. The van der Waals surface area contributed by atoms with Crippen LogP contribution in [0.5, 0.6) is 0 Å². The molecule has 1 fully saturated rings. The van der Waals surface area contributed by atoms with Crippen LogP contribution < -0.4 is 5.73 Å². The zero-order valence-electron chi connectivity index (χ0n) is 11.1. The van der Waals surface area contributed by atoms with Gasteiger partial charge in [-0.2, -0.15) is 0 Å². The summed E-state index contributed by atoms with van der Waals surface area (Å²) in [6.45, 7) is 1.19. The zero-order chi connectivity index (χ0) is 13.9. The number of nitrogens with zero attached hydrogens (tertiary/aromatic N) is 3. The molecule has 0 radical (unpaired) electrons. The molecule has 2 rings (SSSR count). The van der Waals surface area contributed by atoms with Gasteiger partial charge in [-0.15, -0.1) is 0 Å². The molecule has 2 atom stereocenters. The van der Waals surface area contributed by atoms with Crippen LogP contribution in [0.15, 0.2) is 18.7 Å². The number of piperidine rings is 1. The number of hydrogen-bond acceptors (Lipinski definition) is 5. The Bertz CT molecular complexity index is 506. The van der Waals surface area contributed by atoms with Crippen LogP contribution in [0.3, 0.4) is 0 Å². The molecule has 0 amide bonds. The zero-order valence-corrected chi connectivity index (χ0v) is 11.9. The average molecular weight is 284 g/mol. The van der Waals surface area contributed by atoms with Crippen LogP contribution in [0.1, 0.15) is 30.9 Å². The van der Waals surface area contributed by atoms with Gasteiger partial charge in [-0.25, -0.2) is 22.7 Å². The highest BCUT2D eigenvalue weighted by Gasteiger charge is 2.27. The van der Waals surface area contributed by atoms with Crippen molar-refractivity contribution in [3.8, 4) is 0 Å². The number of aromatic nitrogens is 2.